The molecule has 0 spiro atoms. The molecule has 2 N–H and O–H groups in total. The van der Waals surface area contributed by atoms with Crippen LogP contribution < -0.4 is 0 Å². The monoisotopic (exact) mass is 487 g/mol. The molecule has 1 saturated heterocycles. The average Bonchev–Trinajstić information content (AvgIpc) is 3.40. The van der Waals surface area contributed by atoms with Gasteiger partial charge in [0.1, 0.15) is 5.69 Å². The van der Waals surface area contributed by atoms with Crippen LogP contribution >= 0.6 is 0 Å². The summed E-state index contributed by atoms with van der Waals surface area (Å²) in [6.07, 6.45) is 0.837. The van der Waals surface area contributed by atoms with Crippen LogP contribution in [0, 0.1) is 6.92 Å². The fourth-order valence-electron chi connectivity index (χ4n) is 4.39. The van der Waals surface area contributed by atoms with Gasteiger partial charge in [-0.15, -0.1) is 0 Å². The van der Waals surface area contributed by atoms with Crippen molar-refractivity contribution >= 4 is 12.0 Å². The summed E-state index contributed by atoms with van der Waals surface area (Å²) in [5, 5.41) is 12.8. The highest BCUT2D eigenvalue weighted by molar-refractivity contribution is 6.01. The molecule has 11 heteroatoms. The third-order valence-corrected chi connectivity index (χ3v) is 6.49. The average molecular weight is 488 g/mol. The molecular formula is C24H28F3N7O. The Hall–Kier alpha value is -3.47. The van der Waals surface area contributed by atoms with E-state index in [0.29, 0.717) is 48.3 Å². The van der Waals surface area contributed by atoms with Crippen molar-refractivity contribution in [3.63, 3.8) is 0 Å². The Morgan fingerprint density at radius 3 is 2.57 bits per heavy atom. The molecule has 4 heterocycles. The lowest BCUT2D eigenvalue weighted by atomic mass is 9.91. The number of aromatic nitrogens is 5. The van der Waals surface area contributed by atoms with E-state index in [1.54, 1.807) is 11.0 Å². The van der Waals surface area contributed by atoms with Crippen LogP contribution in [0.4, 0.5) is 13.2 Å². The molecule has 1 amide bonds. The lowest BCUT2D eigenvalue weighted by Gasteiger charge is -2.42. The van der Waals surface area contributed by atoms with Crippen molar-refractivity contribution in [1.29, 1.82) is 0 Å². The normalized spacial score (nSPS) is 14.5. The molecule has 1 aliphatic rings. The summed E-state index contributed by atoms with van der Waals surface area (Å²) in [4.78, 5) is 21.5. The van der Waals surface area contributed by atoms with E-state index in [0.717, 1.165) is 11.8 Å². The van der Waals surface area contributed by atoms with Crippen LogP contribution in [0.2, 0.25) is 0 Å². The topological polar surface area (TPSA) is 93.8 Å². The molecule has 0 aliphatic carbocycles. The molecule has 0 bridgehead atoms. The van der Waals surface area contributed by atoms with E-state index in [1.807, 2.05) is 27.9 Å². The van der Waals surface area contributed by atoms with Gasteiger partial charge in [-0.25, -0.2) is 0 Å². The van der Waals surface area contributed by atoms with Gasteiger partial charge in [-0.1, -0.05) is 19.9 Å². The molecule has 1 fully saturated rings. The van der Waals surface area contributed by atoms with Crippen LogP contribution in [-0.4, -0.2) is 74.3 Å². The molecule has 0 unspecified atom stereocenters. The number of amides is 1. The van der Waals surface area contributed by atoms with Crippen LogP contribution in [0.5, 0.6) is 0 Å². The Kier molecular flexibility index (Phi) is 6.54. The standard InChI is InChI=1S/C24H28F3N7O/c1-6-8-15-13(3)16(9-28-20(15)17-10-29-32-22(17)24(25,26)27)19-18(7-2)30-31-21(19)23(35)34-11-14(12-34)33(4)5/h7,9-10,14H,2,6,8,11-12H2,1,3-5H3,(H,29,32)(H,30,31). The van der Waals surface area contributed by atoms with Gasteiger partial charge in [0, 0.05) is 36.5 Å². The second-order valence-electron chi connectivity index (χ2n) is 8.92. The summed E-state index contributed by atoms with van der Waals surface area (Å²) < 4.78 is 40.7. The molecule has 0 atom stereocenters. The second kappa shape index (κ2) is 9.29. The highest BCUT2D eigenvalue weighted by Gasteiger charge is 2.38. The zero-order valence-electron chi connectivity index (χ0n) is 20.1. The van der Waals surface area contributed by atoms with Crippen molar-refractivity contribution in [2.24, 2.45) is 0 Å². The number of nitrogens with one attached hydrogen (secondary N) is 2. The third-order valence-electron chi connectivity index (χ3n) is 6.49. The number of carbonyl (C=O) groups excluding carboxylic acids is 1. The van der Waals surface area contributed by atoms with E-state index in [9.17, 15) is 18.0 Å². The summed E-state index contributed by atoms with van der Waals surface area (Å²) in [5.41, 5.74) is 2.58. The van der Waals surface area contributed by atoms with Crippen LogP contribution in [0.25, 0.3) is 28.5 Å². The number of aromatic amines is 2. The number of carbonyl (C=O) groups is 1. The second-order valence-corrected chi connectivity index (χ2v) is 8.92. The quantitative estimate of drug-likeness (QED) is 0.522. The third kappa shape index (κ3) is 4.36. The molecule has 0 saturated carbocycles. The van der Waals surface area contributed by atoms with E-state index in [2.05, 4.69) is 36.9 Å². The van der Waals surface area contributed by atoms with Crippen LogP contribution in [-0.2, 0) is 12.6 Å². The number of halogens is 3. The number of likely N-dealkylation sites (N-methyl/N-ethyl adjacent to an activating group) is 1. The van der Waals surface area contributed by atoms with Crippen LogP contribution in [0.15, 0.2) is 19.0 Å². The Bertz CT molecular complexity index is 1250. The molecular weight excluding hydrogens is 459 g/mol. The summed E-state index contributed by atoms with van der Waals surface area (Å²) in [5.74, 6) is -0.211. The largest absolute Gasteiger partial charge is 0.433 e. The minimum absolute atomic E-state index is 0.0988. The number of rotatable bonds is 7. The van der Waals surface area contributed by atoms with Crippen molar-refractivity contribution in [3.05, 3.63) is 47.2 Å². The summed E-state index contributed by atoms with van der Waals surface area (Å²) in [7, 11) is 3.94. The van der Waals surface area contributed by atoms with Gasteiger partial charge in [0.25, 0.3) is 5.91 Å². The summed E-state index contributed by atoms with van der Waals surface area (Å²) in [6.45, 7) is 8.80. The summed E-state index contributed by atoms with van der Waals surface area (Å²) >= 11 is 0. The van der Waals surface area contributed by atoms with Crippen LogP contribution in [0.1, 0.15) is 46.3 Å². The zero-order valence-corrected chi connectivity index (χ0v) is 20.1. The molecule has 1 aliphatic heterocycles. The minimum Gasteiger partial charge on any atom is -0.334 e. The maximum atomic E-state index is 13.6. The van der Waals surface area contributed by atoms with Gasteiger partial charge in [-0.3, -0.25) is 20.0 Å². The lowest BCUT2D eigenvalue weighted by Crippen LogP contribution is -2.59. The van der Waals surface area contributed by atoms with E-state index in [-0.39, 0.29) is 28.9 Å². The zero-order chi connectivity index (χ0) is 25.5. The predicted molar refractivity (Wildman–Crippen MR) is 127 cm³/mol. The minimum atomic E-state index is -4.59. The Morgan fingerprint density at radius 1 is 1.26 bits per heavy atom. The van der Waals surface area contributed by atoms with Crippen molar-refractivity contribution in [1.82, 2.24) is 35.2 Å². The molecule has 0 aromatic carbocycles. The van der Waals surface area contributed by atoms with Gasteiger partial charge in [0.2, 0.25) is 0 Å². The molecule has 3 aromatic rings. The Morgan fingerprint density at radius 2 is 1.97 bits per heavy atom. The highest BCUT2D eigenvalue weighted by Crippen LogP contribution is 2.40. The van der Waals surface area contributed by atoms with Crippen molar-refractivity contribution in [3.8, 4) is 22.4 Å². The maximum absolute atomic E-state index is 13.6. The fraction of sp³-hybridized carbons (Fsp3) is 0.417. The molecule has 4 rings (SSSR count). The number of nitrogens with zero attached hydrogens (tertiary/aromatic N) is 5. The van der Waals surface area contributed by atoms with Gasteiger partial charge >= 0.3 is 6.18 Å². The lowest BCUT2D eigenvalue weighted by molar-refractivity contribution is -0.140. The smallest absolute Gasteiger partial charge is 0.334 e. The number of pyridine rings is 1. The fourth-order valence-corrected chi connectivity index (χ4v) is 4.39. The van der Waals surface area contributed by atoms with Gasteiger partial charge in [-0.05, 0) is 44.6 Å². The van der Waals surface area contributed by atoms with E-state index >= 15 is 0 Å². The molecule has 0 radical (unpaired) electrons. The molecule has 3 aromatic heterocycles. The van der Waals surface area contributed by atoms with Gasteiger partial charge < -0.3 is 9.80 Å². The van der Waals surface area contributed by atoms with Gasteiger partial charge in [-0.2, -0.15) is 23.4 Å². The number of hydrogen-bond donors (Lipinski definition) is 2. The van der Waals surface area contributed by atoms with Crippen molar-refractivity contribution in [2.45, 2.75) is 38.9 Å². The van der Waals surface area contributed by atoms with Gasteiger partial charge in [0.05, 0.1) is 23.1 Å². The van der Waals surface area contributed by atoms with E-state index in [4.69, 9.17) is 0 Å². The first-order valence-electron chi connectivity index (χ1n) is 11.3. The molecule has 186 valence electrons. The Labute approximate surface area is 201 Å². The number of H-pyrrole nitrogens is 2. The SMILES string of the molecule is C=Cc1[nH]nc(C(=O)N2CC(N(C)C)C2)c1-c1cnc(-c2cn[nH]c2C(F)(F)F)c(CCC)c1C. The predicted octanol–water partition coefficient (Wildman–Crippen LogP) is 4.17. The number of hydrogen-bond acceptors (Lipinski definition) is 5. The first-order valence-corrected chi connectivity index (χ1v) is 11.3. The molecule has 8 nitrogen and oxygen atoms in total. The summed E-state index contributed by atoms with van der Waals surface area (Å²) in [6, 6.07) is 0.289. The van der Waals surface area contributed by atoms with E-state index in [1.165, 1.54) is 6.20 Å². The van der Waals surface area contributed by atoms with E-state index < -0.39 is 11.9 Å². The maximum Gasteiger partial charge on any atom is 0.433 e. The van der Waals surface area contributed by atoms with Crippen LogP contribution in [0.3, 0.4) is 0 Å². The van der Waals surface area contributed by atoms with Crippen molar-refractivity contribution in [2.75, 3.05) is 27.2 Å². The number of alkyl halides is 3. The highest BCUT2D eigenvalue weighted by atomic mass is 19.4. The Balaban J connectivity index is 1.81. The first kappa shape index (κ1) is 24.6. The number of likely N-dealkylation sites (tertiary alicyclic amines) is 1. The van der Waals surface area contributed by atoms with Gasteiger partial charge in [0.15, 0.2) is 5.69 Å². The molecule has 35 heavy (non-hydrogen) atoms. The first-order chi connectivity index (χ1) is 16.6. The van der Waals surface area contributed by atoms with Crippen molar-refractivity contribution < 1.29 is 18.0 Å².